The molecule has 0 aromatic heterocycles. The third-order valence-electron chi connectivity index (χ3n) is 3.99. The van der Waals surface area contributed by atoms with Gasteiger partial charge in [0.25, 0.3) is 0 Å². The molecule has 0 aromatic rings. The van der Waals surface area contributed by atoms with Gasteiger partial charge in [-0.05, 0) is 6.42 Å². The predicted molar refractivity (Wildman–Crippen MR) is 95.9 cm³/mol. The van der Waals surface area contributed by atoms with Crippen LogP contribution in [-0.2, 0) is 18.3 Å². The van der Waals surface area contributed by atoms with Crippen molar-refractivity contribution >= 4 is 19.5 Å². The first-order valence-corrected chi connectivity index (χ1v) is 8.99. The van der Waals surface area contributed by atoms with Gasteiger partial charge in [-0.1, -0.05) is 96.8 Å². The van der Waals surface area contributed by atoms with E-state index in [-0.39, 0.29) is 43.1 Å². The van der Waals surface area contributed by atoms with Crippen LogP contribution in [0.2, 0.25) is 0 Å². The van der Waals surface area contributed by atoms with Crippen molar-refractivity contribution in [3.8, 4) is 0 Å². The number of rotatable bonds is 16. The zero-order valence-electron chi connectivity index (χ0n) is 15.1. The van der Waals surface area contributed by atoms with Gasteiger partial charge in [0, 0.05) is 6.42 Å². The van der Waals surface area contributed by atoms with Gasteiger partial charge < -0.3 is 18.6 Å². The third-order valence-corrected chi connectivity index (χ3v) is 3.99. The van der Waals surface area contributed by atoms with Crippen LogP contribution in [0.5, 0.6) is 0 Å². The van der Waals surface area contributed by atoms with Crippen LogP contribution in [0.3, 0.4) is 0 Å². The van der Waals surface area contributed by atoms with E-state index in [1.165, 1.54) is 83.5 Å². The number of hydrogen-bond acceptors (Lipinski definition) is 2. The molecule has 22 heavy (non-hydrogen) atoms. The van der Waals surface area contributed by atoms with Crippen molar-refractivity contribution in [2.75, 3.05) is 0 Å². The Bertz CT molecular complexity index is 213. The molecular formula is C18H37NaO2S. The molecule has 0 unspecified atom stereocenters. The Labute approximate surface area is 168 Å². The van der Waals surface area contributed by atoms with Gasteiger partial charge in [0.2, 0.25) is 0 Å². The minimum Gasteiger partial charge on any atom is -0.813 e. The fourth-order valence-electron chi connectivity index (χ4n) is 2.65. The number of aliphatic carboxylic acids is 1. The molecule has 0 heterocycles. The van der Waals surface area contributed by atoms with E-state index < -0.39 is 5.97 Å². The maximum Gasteiger partial charge on any atom is 1.00 e. The van der Waals surface area contributed by atoms with Gasteiger partial charge in [0.05, 0.1) is 0 Å². The number of hydrogen-bond donors (Lipinski definition) is 1. The SMILES string of the molecule is CCCCCCCCCCCCCCCCCC(=O)O.[Na+].[SH-]. The normalized spacial score (nSPS) is 9.86. The molecule has 0 saturated carbocycles. The minimum absolute atomic E-state index is 0. The first-order chi connectivity index (χ1) is 9.77. The average molecular weight is 341 g/mol. The van der Waals surface area contributed by atoms with Crippen LogP contribution in [0.4, 0.5) is 0 Å². The van der Waals surface area contributed by atoms with Gasteiger partial charge in [-0.15, -0.1) is 0 Å². The molecule has 0 aliphatic carbocycles. The molecule has 0 aromatic carbocycles. The Kier molecular flexibility index (Phi) is 30.3. The molecule has 0 spiro atoms. The van der Waals surface area contributed by atoms with Gasteiger partial charge in [-0.2, -0.15) is 0 Å². The fourth-order valence-corrected chi connectivity index (χ4v) is 2.65. The van der Waals surface area contributed by atoms with Crippen molar-refractivity contribution in [1.82, 2.24) is 0 Å². The molecule has 4 heteroatoms. The summed E-state index contributed by atoms with van der Waals surface area (Å²) in [4.78, 5) is 10.3. The minimum atomic E-state index is -0.653. The fraction of sp³-hybridized carbons (Fsp3) is 0.944. The number of thiol groups is 1. The van der Waals surface area contributed by atoms with E-state index in [2.05, 4.69) is 6.92 Å². The quantitative estimate of drug-likeness (QED) is 0.203. The number of carboxylic acid groups (broad SMARTS) is 1. The summed E-state index contributed by atoms with van der Waals surface area (Å²) in [5.41, 5.74) is 0. The largest absolute Gasteiger partial charge is 1.00 e. The summed E-state index contributed by atoms with van der Waals surface area (Å²) in [6, 6.07) is 0. The molecule has 0 aliphatic rings. The molecule has 2 nitrogen and oxygen atoms in total. The topological polar surface area (TPSA) is 37.3 Å². The van der Waals surface area contributed by atoms with Gasteiger partial charge in [-0.3, -0.25) is 4.79 Å². The Morgan fingerprint density at radius 3 is 1.18 bits per heavy atom. The van der Waals surface area contributed by atoms with Crippen LogP contribution >= 0.6 is 0 Å². The number of unbranched alkanes of at least 4 members (excludes halogenated alkanes) is 14. The van der Waals surface area contributed by atoms with E-state index in [9.17, 15) is 4.79 Å². The molecule has 0 saturated heterocycles. The Morgan fingerprint density at radius 1 is 0.636 bits per heavy atom. The molecule has 0 bridgehead atoms. The number of carboxylic acids is 1. The molecule has 0 aliphatic heterocycles. The van der Waals surface area contributed by atoms with Crippen LogP contribution < -0.4 is 29.6 Å². The Balaban J connectivity index is -0.00000180. The molecule has 0 rings (SSSR count). The van der Waals surface area contributed by atoms with Gasteiger partial charge >= 0.3 is 35.5 Å². The van der Waals surface area contributed by atoms with E-state index >= 15 is 0 Å². The van der Waals surface area contributed by atoms with Crippen LogP contribution in [0, 0.1) is 0 Å². The van der Waals surface area contributed by atoms with E-state index in [1.807, 2.05) is 0 Å². The van der Waals surface area contributed by atoms with Gasteiger partial charge in [-0.25, -0.2) is 0 Å². The summed E-state index contributed by atoms with van der Waals surface area (Å²) in [6.45, 7) is 2.27. The second-order valence-corrected chi connectivity index (χ2v) is 6.09. The van der Waals surface area contributed by atoms with Crippen molar-refractivity contribution in [3.63, 3.8) is 0 Å². The number of carbonyl (C=O) groups is 1. The van der Waals surface area contributed by atoms with Crippen molar-refractivity contribution < 1.29 is 39.5 Å². The van der Waals surface area contributed by atoms with Crippen molar-refractivity contribution in [3.05, 3.63) is 0 Å². The monoisotopic (exact) mass is 340 g/mol. The van der Waals surface area contributed by atoms with Crippen LogP contribution in [0.15, 0.2) is 0 Å². The maximum absolute atomic E-state index is 10.3. The maximum atomic E-state index is 10.3. The second-order valence-electron chi connectivity index (χ2n) is 6.09. The Morgan fingerprint density at radius 2 is 0.909 bits per heavy atom. The first kappa shape index (κ1) is 27.7. The van der Waals surface area contributed by atoms with Gasteiger partial charge in [0.15, 0.2) is 0 Å². The molecule has 0 amide bonds. The van der Waals surface area contributed by atoms with Crippen molar-refractivity contribution in [2.24, 2.45) is 0 Å². The summed E-state index contributed by atoms with van der Waals surface area (Å²) >= 11 is 0. The molecule has 128 valence electrons. The smallest absolute Gasteiger partial charge is 0.813 e. The summed E-state index contributed by atoms with van der Waals surface area (Å²) in [5.74, 6) is -0.653. The molecule has 0 atom stereocenters. The van der Waals surface area contributed by atoms with Crippen LogP contribution in [-0.4, -0.2) is 11.1 Å². The van der Waals surface area contributed by atoms with Crippen molar-refractivity contribution in [1.29, 1.82) is 0 Å². The summed E-state index contributed by atoms with van der Waals surface area (Å²) < 4.78 is 0. The zero-order chi connectivity index (χ0) is 14.9. The standard InChI is InChI=1S/C18H36O2.Na.H2S/c1-2-3-4-5-6-7-8-9-10-11-12-13-14-15-16-17-18(19)20;;/h2-17H2,1H3,(H,19,20);;1H2/q;+1;/p-1. The summed E-state index contributed by atoms with van der Waals surface area (Å²) in [6.07, 6.45) is 20.2. The van der Waals surface area contributed by atoms with Crippen molar-refractivity contribution in [2.45, 2.75) is 110 Å². The van der Waals surface area contributed by atoms with E-state index in [1.54, 1.807) is 0 Å². The van der Waals surface area contributed by atoms with Crippen LogP contribution in [0.1, 0.15) is 110 Å². The van der Waals surface area contributed by atoms with E-state index in [0.29, 0.717) is 6.42 Å². The molecule has 0 radical (unpaired) electrons. The average Bonchev–Trinajstić information content (AvgIpc) is 2.43. The van der Waals surface area contributed by atoms with Gasteiger partial charge in [0.1, 0.15) is 0 Å². The Hall–Kier alpha value is 0.820. The first-order valence-electron chi connectivity index (χ1n) is 8.99. The third kappa shape index (κ3) is 25.8. The predicted octanol–water partition coefficient (Wildman–Crippen LogP) is 3.07. The van der Waals surface area contributed by atoms with E-state index in [4.69, 9.17) is 5.11 Å². The summed E-state index contributed by atoms with van der Waals surface area (Å²) in [5, 5.41) is 8.52. The second kappa shape index (κ2) is 24.1. The van der Waals surface area contributed by atoms with Crippen LogP contribution in [0.25, 0.3) is 0 Å². The van der Waals surface area contributed by atoms with E-state index in [0.717, 1.165) is 12.8 Å². The molecule has 1 N–H and O–H groups in total. The summed E-state index contributed by atoms with van der Waals surface area (Å²) in [7, 11) is 0. The zero-order valence-corrected chi connectivity index (χ0v) is 18.0. The molecule has 0 fully saturated rings. The molecular weight excluding hydrogens is 303 g/mol.